The van der Waals surface area contributed by atoms with Crippen LogP contribution >= 0.6 is 0 Å². The molecular weight excluding hydrogens is 310 g/mol. The number of carbonyl (C=O) groups excluding carboxylic acids is 1. The van der Waals surface area contributed by atoms with E-state index in [0.717, 1.165) is 10.3 Å². The smallest absolute Gasteiger partial charge is 0.315 e. The first-order valence-electron chi connectivity index (χ1n) is 7.34. The summed E-state index contributed by atoms with van der Waals surface area (Å²) >= 11 is 0. The van der Waals surface area contributed by atoms with Gasteiger partial charge in [0, 0.05) is 26.8 Å². The van der Waals surface area contributed by atoms with E-state index < -0.39 is 11.2 Å². The van der Waals surface area contributed by atoms with Gasteiger partial charge in [-0.15, -0.1) is 0 Å². The molecule has 0 bridgehead atoms. The first-order chi connectivity index (χ1) is 11.4. The van der Waals surface area contributed by atoms with E-state index in [2.05, 4.69) is 4.98 Å². The van der Waals surface area contributed by atoms with Gasteiger partial charge in [-0.25, -0.2) is 9.78 Å². The summed E-state index contributed by atoms with van der Waals surface area (Å²) in [7, 11) is 4.61. The molecular formula is C16H17N5O3. The number of rotatable bonds is 3. The van der Waals surface area contributed by atoms with Crippen molar-refractivity contribution < 1.29 is 4.79 Å². The van der Waals surface area contributed by atoms with Crippen LogP contribution in [-0.4, -0.2) is 31.6 Å². The standard InChI is InChI=1S/C16H17N5O3/c1-18(11-7-5-4-6-8-11)12(22)9-21-10-17-14-13(21)15(23)20(3)16(24)19(14)2/h4-8,10H,9H2,1-3H3. The lowest BCUT2D eigenvalue weighted by molar-refractivity contribution is -0.118. The average Bonchev–Trinajstić information content (AvgIpc) is 3.01. The highest BCUT2D eigenvalue weighted by atomic mass is 16.2. The number of hydrogen-bond acceptors (Lipinski definition) is 4. The number of likely N-dealkylation sites (N-methyl/N-ethyl adjacent to an activating group) is 1. The highest BCUT2D eigenvalue weighted by Crippen LogP contribution is 2.13. The van der Waals surface area contributed by atoms with Crippen molar-refractivity contribution in [3.8, 4) is 0 Å². The van der Waals surface area contributed by atoms with Crippen molar-refractivity contribution in [1.29, 1.82) is 0 Å². The fourth-order valence-corrected chi connectivity index (χ4v) is 2.56. The molecule has 0 fully saturated rings. The van der Waals surface area contributed by atoms with E-state index >= 15 is 0 Å². The lowest BCUT2D eigenvalue weighted by Crippen LogP contribution is -2.38. The van der Waals surface area contributed by atoms with Gasteiger partial charge in [-0.05, 0) is 12.1 Å². The van der Waals surface area contributed by atoms with Gasteiger partial charge in [-0.2, -0.15) is 0 Å². The maximum atomic E-state index is 12.5. The number of anilines is 1. The summed E-state index contributed by atoms with van der Waals surface area (Å²) < 4.78 is 3.77. The molecule has 1 amide bonds. The molecule has 3 rings (SSSR count). The zero-order valence-corrected chi connectivity index (χ0v) is 13.6. The van der Waals surface area contributed by atoms with Crippen LogP contribution < -0.4 is 16.1 Å². The van der Waals surface area contributed by atoms with Crippen molar-refractivity contribution in [3.05, 3.63) is 57.5 Å². The van der Waals surface area contributed by atoms with Crippen LogP contribution in [-0.2, 0) is 25.4 Å². The van der Waals surface area contributed by atoms with Gasteiger partial charge in [0.15, 0.2) is 11.2 Å². The SMILES string of the molecule is CN(C(=O)Cn1cnc2c1c(=O)n(C)c(=O)n2C)c1ccccc1. The molecule has 124 valence electrons. The van der Waals surface area contributed by atoms with Crippen molar-refractivity contribution in [2.45, 2.75) is 6.54 Å². The second-order valence-corrected chi connectivity index (χ2v) is 5.54. The summed E-state index contributed by atoms with van der Waals surface area (Å²) in [6, 6.07) is 9.21. The zero-order chi connectivity index (χ0) is 17.4. The fraction of sp³-hybridized carbons (Fsp3) is 0.250. The molecule has 0 N–H and O–H groups in total. The van der Waals surface area contributed by atoms with Gasteiger partial charge in [0.2, 0.25) is 5.91 Å². The third-order valence-electron chi connectivity index (χ3n) is 4.04. The number of hydrogen-bond donors (Lipinski definition) is 0. The highest BCUT2D eigenvalue weighted by Gasteiger charge is 2.18. The molecule has 0 unspecified atom stereocenters. The number of para-hydroxylation sites is 1. The molecule has 8 heteroatoms. The number of carbonyl (C=O) groups is 1. The molecule has 0 spiro atoms. The summed E-state index contributed by atoms with van der Waals surface area (Å²) in [6.45, 7) is -0.0463. The van der Waals surface area contributed by atoms with E-state index in [4.69, 9.17) is 0 Å². The van der Waals surface area contributed by atoms with Crippen molar-refractivity contribution in [2.75, 3.05) is 11.9 Å². The normalized spacial score (nSPS) is 11.0. The minimum absolute atomic E-state index is 0.0463. The van der Waals surface area contributed by atoms with Crippen LogP contribution in [0.2, 0.25) is 0 Å². The molecule has 2 heterocycles. The number of nitrogens with zero attached hydrogens (tertiary/aromatic N) is 5. The average molecular weight is 327 g/mol. The fourth-order valence-electron chi connectivity index (χ4n) is 2.56. The predicted octanol–water partition coefficient (Wildman–Crippen LogP) is 0.0967. The topological polar surface area (TPSA) is 82.1 Å². The van der Waals surface area contributed by atoms with Gasteiger partial charge >= 0.3 is 5.69 Å². The molecule has 0 aliphatic carbocycles. The van der Waals surface area contributed by atoms with Gasteiger partial charge in [0.25, 0.3) is 5.56 Å². The molecule has 0 aliphatic heterocycles. The van der Waals surface area contributed by atoms with E-state index in [0.29, 0.717) is 0 Å². The Hall–Kier alpha value is -3.16. The Morgan fingerprint density at radius 1 is 1.12 bits per heavy atom. The molecule has 8 nitrogen and oxygen atoms in total. The molecule has 2 aromatic heterocycles. The van der Waals surface area contributed by atoms with E-state index in [-0.39, 0.29) is 23.6 Å². The van der Waals surface area contributed by atoms with Crippen LogP contribution in [0.4, 0.5) is 5.69 Å². The van der Waals surface area contributed by atoms with Crippen LogP contribution in [0, 0.1) is 0 Å². The first kappa shape index (κ1) is 15.7. The highest BCUT2D eigenvalue weighted by molar-refractivity contribution is 5.93. The van der Waals surface area contributed by atoms with Crippen LogP contribution in [0.5, 0.6) is 0 Å². The second-order valence-electron chi connectivity index (χ2n) is 5.54. The summed E-state index contributed by atoms with van der Waals surface area (Å²) in [5.74, 6) is -0.198. The van der Waals surface area contributed by atoms with Crippen LogP contribution in [0.1, 0.15) is 0 Å². The quantitative estimate of drug-likeness (QED) is 0.683. The molecule has 3 aromatic rings. The molecule has 24 heavy (non-hydrogen) atoms. The third-order valence-corrected chi connectivity index (χ3v) is 4.04. The summed E-state index contributed by atoms with van der Waals surface area (Å²) in [6.07, 6.45) is 1.40. The number of benzene rings is 1. The summed E-state index contributed by atoms with van der Waals surface area (Å²) in [5, 5.41) is 0. The number of aryl methyl sites for hydroxylation is 1. The van der Waals surface area contributed by atoms with Crippen LogP contribution in [0.15, 0.2) is 46.2 Å². The van der Waals surface area contributed by atoms with E-state index in [1.165, 1.54) is 27.4 Å². The maximum Gasteiger partial charge on any atom is 0.332 e. The Morgan fingerprint density at radius 2 is 1.79 bits per heavy atom. The number of fused-ring (bicyclic) bond motifs is 1. The molecule has 0 atom stereocenters. The largest absolute Gasteiger partial charge is 0.332 e. The maximum absolute atomic E-state index is 12.5. The number of imidazole rings is 1. The van der Waals surface area contributed by atoms with Gasteiger partial charge < -0.3 is 9.47 Å². The lowest BCUT2D eigenvalue weighted by atomic mass is 10.3. The van der Waals surface area contributed by atoms with E-state index in [9.17, 15) is 14.4 Å². The zero-order valence-electron chi connectivity index (χ0n) is 13.6. The minimum atomic E-state index is -0.472. The lowest BCUT2D eigenvalue weighted by Gasteiger charge is -2.17. The Morgan fingerprint density at radius 3 is 2.46 bits per heavy atom. The van der Waals surface area contributed by atoms with Gasteiger partial charge in [0.1, 0.15) is 6.54 Å². The monoisotopic (exact) mass is 327 g/mol. The molecule has 0 saturated heterocycles. The van der Waals surface area contributed by atoms with Crippen LogP contribution in [0.3, 0.4) is 0 Å². The number of amides is 1. The third kappa shape index (κ3) is 2.41. The Bertz CT molecular complexity index is 1030. The summed E-state index contributed by atoms with van der Waals surface area (Å²) in [5.41, 5.74) is 0.325. The number of aromatic nitrogens is 4. The van der Waals surface area contributed by atoms with Crippen molar-refractivity contribution in [2.24, 2.45) is 14.1 Å². The molecule has 0 aliphatic rings. The minimum Gasteiger partial charge on any atom is -0.315 e. The van der Waals surface area contributed by atoms with Crippen molar-refractivity contribution in [3.63, 3.8) is 0 Å². The van der Waals surface area contributed by atoms with Crippen molar-refractivity contribution >= 4 is 22.8 Å². The van der Waals surface area contributed by atoms with Crippen LogP contribution in [0.25, 0.3) is 11.2 Å². The van der Waals surface area contributed by atoms with Gasteiger partial charge in [-0.1, -0.05) is 18.2 Å². The van der Waals surface area contributed by atoms with E-state index in [1.54, 1.807) is 14.1 Å². The molecule has 1 aromatic carbocycles. The predicted molar refractivity (Wildman–Crippen MR) is 90.1 cm³/mol. The molecule has 0 saturated carbocycles. The Kier molecular flexibility index (Phi) is 3.80. The van der Waals surface area contributed by atoms with Gasteiger partial charge in [0.05, 0.1) is 6.33 Å². The second kappa shape index (κ2) is 5.80. The van der Waals surface area contributed by atoms with Gasteiger partial charge in [-0.3, -0.25) is 18.7 Å². The Labute approximate surface area is 137 Å². The first-order valence-corrected chi connectivity index (χ1v) is 7.34. The van der Waals surface area contributed by atoms with Crippen molar-refractivity contribution in [1.82, 2.24) is 18.7 Å². The molecule has 0 radical (unpaired) electrons. The van der Waals surface area contributed by atoms with E-state index in [1.807, 2.05) is 30.3 Å². The summed E-state index contributed by atoms with van der Waals surface area (Å²) in [4.78, 5) is 42.4. The Balaban J connectivity index is 2.01.